The normalized spacial score (nSPS) is 17.9. The zero-order valence-corrected chi connectivity index (χ0v) is 17.5. The largest absolute Gasteiger partial charge is 0.343 e. The summed E-state index contributed by atoms with van der Waals surface area (Å²) in [6.07, 6.45) is 2.83. The average molecular weight is 408 g/mol. The second-order valence-electron chi connectivity index (χ2n) is 7.27. The molecule has 0 aliphatic carbocycles. The first-order chi connectivity index (χ1) is 13.5. The van der Waals surface area contributed by atoms with Crippen LogP contribution in [0.1, 0.15) is 38.7 Å². The van der Waals surface area contributed by atoms with Gasteiger partial charge in [0.2, 0.25) is 17.7 Å². The van der Waals surface area contributed by atoms with Gasteiger partial charge in [0.05, 0.1) is 0 Å². The van der Waals surface area contributed by atoms with Crippen molar-refractivity contribution in [2.24, 2.45) is 0 Å². The van der Waals surface area contributed by atoms with Crippen molar-refractivity contribution in [1.29, 1.82) is 0 Å². The molecule has 3 amide bonds. The Morgan fingerprint density at radius 3 is 2.54 bits per heavy atom. The Morgan fingerprint density at radius 2 is 1.93 bits per heavy atom. The smallest absolute Gasteiger partial charge is 0.245 e. The van der Waals surface area contributed by atoms with E-state index in [1.807, 2.05) is 42.2 Å². The van der Waals surface area contributed by atoms with Crippen molar-refractivity contribution < 1.29 is 14.4 Å². The maximum absolute atomic E-state index is 13.1. The van der Waals surface area contributed by atoms with E-state index < -0.39 is 6.04 Å². The van der Waals surface area contributed by atoms with Crippen LogP contribution in [-0.4, -0.2) is 65.1 Å². The Labute approximate surface area is 172 Å². The predicted molar refractivity (Wildman–Crippen MR) is 110 cm³/mol. The van der Waals surface area contributed by atoms with Crippen molar-refractivity contribution in [3.63, 3.8) is 0 Å². The molecular weight excluding hydrogens is 378 g/mol. The molecule has 2 unspecified atom stereocenters. The third-order valence-corrected chi connectivity index (χ3v) is 5.28. The van der Waals surface area contributed by atoms with Crippen molar-refractivity contribution in [2.45, 2.75) is 51.6 Å². The lowest BCUT2D eigenvalue weighted by Gasteiger charge is -2.41. The maximum atomic E-state index is 13.1. The molecule has 1 heterocycles. The summed E-state index contributed by atoms with van der Waals surface area (Å²) >= 11 is 5.63. The van der Waals surface area contributed by atoms with E-state index in [-0.39, 0.29) is 29.6 Å². The molecule has 1 aliphatic heterocycles. The van der Waals surface area contributed by atoms with Gasteiger partial charge in [0.25, 0.3) is 0 Å². The molecule has 1 fully saturated rings. The maximum Gasteiger partial charge on any atom is 0.245 e. The van der Waals surface area contributed by atoms with Crippen LogP contribution in [0.5, 0.6) is 0 Å². The highest BCUT2D eigenvalue weighted by Crippen LogP contribution is 2.15. The lowest BCUT2D eigenvalue weighted by molar-refractivity contribution is -0.144. The van der Waals surface area contributed by atoms with Crippen LogP contribution in [0.25, 0.3) is 0 Å². The second kappa shape index (κ2) is 11.1. The summed E-state index contributed by atoms with van der Waals surface area (Å²) in [7, 11) is 0. The van der Waals surface area contributed by atoms with E-state index in [9.17, 15) is 14.4 Å². The predicted octanol–water partition coefficient (Wildman–Crippen LogP) is 2.20. The SMILES string of the molecule is CCCCC(=O)N1CCN(C(=O)C(Cc2ccccc2)NC(=O)CCl)CC1C. The van der Waals surface area contributed by atoms with Crippen molar-refractivity contribution >= 4 is 29.3 Å². The number of nitrogens with zero attached hydrogens (tertiary/aromatic N) is 2. The fraction of sp³-hybridized carbons (Fsp3) is 0.571. The van der Waals surface area contributed by atoms with Crippen LogP contribution in [-0.2, 0) is 20.8 Å². The van der Waals surface area contributed by atoms with Crippen LogP contribution in [0, 0.1) is 0 Å². The molecule has 28 heavy (non-hydrogen) atoms. The number of halogens is 1. The highest BCUT2D eigenvalue weighted by Gasteiger charge is 2.33. The molecule has 1 aliphatic rings. The number of piperazine rings is 1. The van der Waals surface area contributed by atoms with Gasteiger partial charge >= 0.3 is 0 Å². The Morgan fingerprint density at radius 1 is 1.21 bits per heavy atom. The number of hydrogen-bond donors (Lipinski definition) is 1. The number of benzene rings is 1. The van der Waals surface area contributed by atoms with Gasteiger partial charge in [-0.05, 0) is 18.9 Å². The van der Waals surface area contributed by atoms with E-state index in [0.29, 0.717) is 32.5 Å². The summed E-state index contributed by atoms with van der Waals surface area (Å²) in [5, 5.41) is 2.75. The van der Waals surface area contributed by atoms with Crippen LogP contribution < -0.4 is 5.32 Å². The Kier molecular flexibility index (Phi) is 8.77. The number of hydrogen-bond acceptors (Lipinski definition) is 3. The lowest BCUT2D eigenvalue weighted by atomic mass is 10.0. The van der Waals surface area contributed by atoms with E-state index >= 15 is 0 Å². The van der Waals surface area contributed by atoms with Gasteiger partial charge in [-0.25, -0.2) is 0 Å². The molecule has 0 aromatic heterocycles. The topological polar surface area (TPSA) is 69.7 Å². The minimum atomic E-state index is -0.664. The molecular formula is C21H30ClN3O3. The number of nitrogens with one attached hydrogen (secondary N) is 1. The molecule has 0 saturated carbocycles. The van der Waals surface area contributed by atoms with Crippen molar-refractivity contribution in [3.8, 4) is 0 Å². The highest BCUT2D eigenvalue weighted by atomic mass is 35.5. The van der Waals surface area contributed by atoms with Gasteiger partial charge in [0.1, 0.15) is 11.9 Å². The van der Waals surface area contributed by atoms with Crippen LogP contribution in [0.3, 0.4) is 0 Å². The summed E-state index contributed by atoms with van der Waals surface area (Å²) in [5.74, 6) is -0.528. The summed E-state index contributed by atoms with van der Waals surface area (Å²) in [6.45, 7) is 5.50. The molecule has 1 N–H and O–H groups in total. The fourth-order valence-electron chi connectivity index (χ4n) is 3.50. The molecule has 6 nitrogen and oxygen atoms in total. The fourth-order valence-corrected chi connectivity index (χ4v) is 3.58. The van der Waals surface area contributed by atoms with Gasteiger partial charge in [0, 0.05) is 38.5 Å². The zero-order valence-electron chi connectivity index (χ0n) is 16.7. The van der Waals surface area contributed by atoms with Crippen molar-refractivity contribution in [2.75, 3.05) is 25.5 Å². The minimum Gasteiger partial charge on any atom is -0.343 e. The number of unbranched alkanes of at least 4 members (excludes halogenated alkanes) is 1. The summed E-state index contributed by atoms with van der Waals surface area (Å²) in [4.78, 5) is 40.9. The van der Waals surface area contributed by atoms with Crippen molar-refractivity contribution in [3.05, 3.63) is 35.9 Å². The average Bonchev–Trinajstić information content (AvgIpc) is 2.71. The van der Waals surface area contributed by atoms with Crippen LogP contribution in [0.4, 0.5) is 0 Å². The van der Waals surface area contributed by atoms with E-state index in [1.54, 1.807) is 4.90 Å². The monoisotopic (exact) mass is 407 g/mol. The molecule has 0 bridgehead atoms. The van der Waals surface area contributed by atoms with E-state index in [1.165, 1.54) is 0 Å². The lowest BCUT2D eigenvalue weighted by Crippen LogP contribution is -2.59. The zero-order chi connectivity index (χ0) is 20.5. The van der Waals surface area contributed by atoms with E-state index in [4.69, 9.17) is 11.6 Å². The molecule has 154 valence electrons. The second-order valence-corrected chi connectivity index (χ2v) is 7.53. The van der Waals surface area contributed by atoms with Gasteiger partial charge in [-0.1, -0.05) is 43.7 Å². The molecule has 0 radical (unpaired) electrons. The molecule has 1 saturated heterocycles. The molecule has 0 spiro atoms. The van der Waals surface area contributed by atoms with Crippen LogP contribution in [0.15, 0.2) is 30.3 Å². The third-order valence-electron chi connectivity index (χ3n) is 5.04. The Bertz CT molecular complexity index is 668. The molecule has 7 heteroatoms. The first-order valence-electron chi connectivity index (χ1n) is 9.93. The molecule has 2 rings (SSSR count). The molecule has 1 aromatic carbocycles. The van der Waals surface area contributed by atoms with Crippen molar-refractivity contribution in [1.82, 2.24) is 15.1 Å². The summed E-state index contributed by atoms with van der Waals surface area (Å²) in [5.41, 5.74) is 0.970. The van der Waals surface area contributed by atoms with Crippen LogP contribution >= 0.6 is 11.6 Å². The van der Waals surface area contributed by atoms with Gasteiger partial charge < -0.3 is 15.1 Å². The number of carbonyl (C=O) groups is 3. The quantitative estimate of drug-likeness (QED) is 0.671. The van der Waals surface area contributed by atoms with E-state index in [2.05, 4.69) is 12.2 Å². The van der Waals surface area contributed by atoms with Crippen LogP contribution in [0.2, 0.25) is 0 Å². The van der Waals surface area contributed by atoms with Gasteiger partial charge in [-0.3, -0.25) is 14.4 Å². The summed E-state index contributed by atoms with van der Waals surface area (Å²) < 4.78 is 0. The first kappa shape index (κ1) is 22.2. The van der Waals surface area contributed by atoms with Gasteiger partial charge in [-0.15, -0.1) is 11.6 Å². The highest BCUT2D eigenvalue weighted by molar-refractivity contribution is 6.27. The molecule has 1 aromatic rings. The van der Waals surface area contributed by atoms with Gasteiger partial charge in [0.15, 0.2) is 0 Å². The van der Waals surface area contributed by atoms with Gasteiger partial charge in [-0.2, -0.15) is 0 Å². The Hall–Kier alpha value is -2.08. The van der Waals surface area contributed by atoms with E-state index in [0.717, 1.165) is 18.4 Å². The number of alkyl halides is 1. The Balaban J connectivity index is 2.03. The number of amides is 3. The minimum absolute atomic E-state index is 0.0387. The first-order valence-corrected chi connectivity index (χ1v) is 10.5. The summed E-state index contributed by atoms with van der Waals surface area (Å²) in [6, 6.07) is 8.88. The number of carbonyl (C=O) groups excluding carboxylic acids is 3. The number of rotatable bonds is 8. The molecule has 2 atom stereocenters. The third kappa shape index (κ3) is 6.23. The standard InChI is InChI=1S/C21H30ClN3O3/c1-3-4-10-20(27)25-12-11-24(15-16(25)2)21(28)18(23-19(26)14-22)13-17-8-6-5-7-9-17/h5-9,16,18H,3-4,10-15H2,1-2H3,(H,23,26).